The van der Waals surface area contributed by atoms with E-state index in [-0.39, 0.29) is 12.2 Å². The molecule has 0 fully saturated rings. The average Bonchev–Trinajstić information content (AvgIpc) is 3.53. The summed E-state index contributed by atoms with van der Waals surface area (Å²) >= 11 is 12.5. The highest BCUT2D eigenvalue weighted by atomic mass is 35.5. The van der Waals surface area contributed by atoms with Crippen molar-refractivity contribution in [3.05, 3.63) is 142 Å². The number of carbonyl (C=O) groups is 1. The van der Waals surface area contributed by atoms with Crippen LogP contribution in [0.25, 0.3) is 45.1 Å². The number of aromatic carboxylic acids is 1. The molecule has 0 aliphatic rings. The minimum atomic E-state index is -0.971. The predicted octanol–water partition coefficient (Wildman–Crippen LogP) is 8.92. The van der Waals surface area contributed by atoms with Crippen molar-refractivity contribution in [3.63, 3.8) is 0 Å². The smallest absolute Gasteiger partial charge is 0.335 e. The van der Waals surface area contributed by atoms with Gasteiger partial charge in [0.15, 0.2) is 0 Å². The van der Waals surface area contributed by atoms with E-state index < -0.39 is 5.97 Å². The summed E-state index contributed by atoms with van der Waals surface area (Å²) in [5.74, 6) is -0.0676. The van der Waals surface area contributed by atoms with Gasteiger partial charge in [-0.15, -0.1) is 0 Å². The number of aliphatic hydroxyl groups excluding tert-OH is 1. The fourth-order valence-electron chi connectivity index (χ4n) is 4.22. The molecule has 0 spiro atoms. The van der Waals surface area contributed by atoms with Gasteiger partial charge in [-0.1, -0.05) is 125 Å². The number of rotatable bonds is 6. The zero-order valence-electron chi connectivity index (χ0n) is 22.1. The Morgan fingerprint density at radius 3 is 1.74 bits per heavy atom. The van der Waals surface area contributed by atoms with Crippen molar-refractivity contribution in [2.45, 2.75) is 6.61 Å². The van der Waals surface area contributed by atoms with E-state index in [1.807, 2.05) is 103 Å². The normalized spacial score (nSPS) is 10.5. The molecule has 0 aliphatic heterocycles. The Balaban J connectivity index is 0.000000189. The van der Waals surface area contributed by atoms with Gasteiger partial charge in [0, 0.05) is 32.3 Å². The van der Waals surface area contributed by atoms with E-state index in [1.54, 1.807) is 12.1 Å². The number of carboxylic acid groups (broad SMARTS) is 1. The molecule has 208 valence electrons. The van der Waals surface area contributed by atoms with E-state index in [9.17, 15) is 4.79 Å². The molecule has 0 aliphatic carbocycles. The maximum atomic E-state index is 10.7. The van der Waals surface area contributed by atoms with Gasteiger partial charge in [0.05, 0.1) is 12.2 Å². The van der Waals surface area contributed by atoms with E-state index >= 15 is 0 Å². The standard InChI is InChI=1S/C21H15ClN2O2.C13H9ClO2/c22-19-12-17(10-11-18(19)15-4-2-1-3-5-15)21-23-20(24-26-21)16-8-6-14(13-25)7-9-16;14-12-8-10(13(15)16)6-7-11(12)9-4-2-1-3-5-9/h1-12,25H,13H2;1-8H,(H,15,16). The van der Waals surface area contributed by atoms with Crippen molar-refractivity contribution in [1.29, 1.82) is 0 Å². The van der Waals surface area contributed by atoms with Crippen LogP contribution < -0.4 is 0 Å². The van der Waals surface area contributed by atoms with E-state index in [0.29, 0.717) is 21.8 Å². The van der Waals surface area contributed by atoms with Gasteiger partial charge >= 0.3 is 5.97 Å². The molecular formula is C34H24Cl2N2O4. The number of nitrogens with zero attached hydrogens (tertiary/aromatic N) is 2. The summed E-state index contributed by atoms with van der Waals surface area (Å²) in [5, 5.41) is 23.0. The maximum absolute atomic E-state index is 10.7. The lowest BCUT2D eigenvalue weighted by atomic mass is 10.0. The first kappa shape index (κ1) is 28.8. The number of halogens is 2. The first-order valence-corrected chi connectivity index (χ1v) is 13.7. The lowest BCUT2D eigenvalue weighted by Gasteiger charge is -2.05. The van der Waals surface area contributed by atoms with Crippen LogP contribution >= 0.6 is 23.2 Å². The second kappa shape index (κ2) is 13.3. The molecule has 42 heavy (non-hydrogen) atoms. The zero-order valence-corrected chi connectivity index (χ0v) is 23.6. The van der Waals surface area contributed by atoms with Gasteiger partial charge in [-0.25, -0.2) is 4.79 Å². The SMILES string of the molecule is O=C(O)c1ccc(-c2ccccc2)c(Cl)c1.OCc1ccc(-c2noc(-c3ccc(-c4ccccc4)c(Cl)c3)n2)cc1. The largest absolute Gasteiger partial charge is 0.478 e. The fourth-order valence-corrected chi connectivity index (χ4v) is 4.80. The molecule has 1 aromatic heterocycles. The van der Waals surface area contributed by atoms with Crippen molar-refractivity contribution < 1.29 is 19.5 Å². The number of carboxylic acids is 1. The van der Waals surface area contributed by atoms with Crippen LogP contribution in [-0.2, 0) is 6.61 Å². The summed E-state index contributed by atoms with van der Waals surface area (Å²) in [7, 11) is 0. The van der Waals surface area contributed by atoms with Crippen LogP contribution in [0.5, 0.6) is 0 Å². The zero-order chi connectivity index (χ0) is 29.5. The minimum Gasteiger partial charge on any atom is -0.478 e. The molecular weight excluding hydrogens is 571 g/mol. The molecule has 0 unspecified atom stereocenters. The lowest BCUT2D eigenvalue weighted by molar-refractivity contribution is 0.0697. The van der Waals surface area contributed by atoms with Gasteiger partial charge in [0.25, 0.3) is 5.89 Å². The van der Waals surface area contributed by atoms with Crippen molar-refractivity contribution in [2.75, 3.05) is 0 Å². The van der Waals surface area contributed by atoms with Gasteiger partial charge in [-0.3, -0.25) is 0 Å². The monoisotopic (exact) mass is 594 g/mol. The Kier molecular flexibility index (Phi) is 9.09. The second-order valence-electron chi connectivity index (χ2n) is 9.20. The number of benzene rings is 5. The van der Waals surface area contributed by atoms with Crippen LogP contribution in [0.1, 0.15) is 15.9 Å². The summed E-state index contributed by atoms with van der Waals surface area (Å²) in [6.45, 7) is 0.00400. The van der Waals surface area contributed by atoms with Crippen molar-refractivity contribution in [1.82, 2.24) is 10.1 Å². The van der Waals surface area contributed by atoms with Gasteiger partial charge < -0.3 is 14.7 Å². The number of hydrogen-bond donors (Lipinski definition) is 2. The Labute approximate surface area is 252 Å². The van der Waals surface area contributed by atoms with Gasteiger partial charge in [-0.05, 0) is 41.0 Å². The molecule has 6 aromatic rings. The molecule has 6 nitrogen and oxygen atoms in total. The highest BCUT2D eigenvalue weighted by molar-refractivity contribution is 6.34. The Bertz CT molecular complexity index is 1810. The molecule has 0 saturated heterocycles. The molecule has 5 aromatic carbocycles. The van der Waals surface area contributed by atoms with Crippen LogP contribution in [0.2, 0.25) is 10.0 Å². The van der Waals surface area contributed by atoms with Crippen LogP contribution in [0, 0.1) is 0 Å². The van der Waals surface area contributed by atoms with Crippen molar-refractivity contribution in [3.8, 4) is 45.1 Å². The molecule has 2 N–H and O–H groups in total. The van der Waals surface area contributed by atoms with Crippen molar-refractivity contribution in [2.24, 2.45) is 0 Å². The van der Waals surface area contributed by atoms with Gasteiger partial charge in [0.2, 0.25) is 5.82 Å². The fraction of sp³-hybridized carbons (Fsp3) is 0.0294. The van der Waals surface area contributed by atoms with E-state index in [4.69, 9.17) is 37.9 Å². The topological polar surface area (TPSA) is 96.5 Å². The van der Waals surface area contributed by atoms with Crippen LogP contribution in [-0.4, -0.2) is 26.3 Å². The van der Waals surface area contributed by atoms with E-state index in [2.05, 4.69) is 10.1 Å². The third-order valence-electron chi connectivity index (χ3n) is 6.42. The Morgan fingerprint density at radius 1 is 0.667 bits per heavy atom. The number of aromatic nitrogens is 2. The predicted molar refractivity (Wildman–Crippen MR) is 165 cm³/mol. The molecule has 8 heteroatoms. The molecule has 0 radical (unpaired) electrons. The van der Waals surface area contributed by atoms with Crippen LogP contribution in [0.4, 0.5) is 0 Å². The molecule has 1 heterocycles. The summed E-state index contributed by atoms with van der Waals surface area (Å²) in [5.41, 5.74) is 6.45. The highest BCUT2D eigenvalue weighted by Crippen LogP contribution is 2.32. The number of hydrogen-bond acceptors (Lipinski definition) is 5. The highest BCUT2D eigenvalue weighted by Gasteiger charge is 2.13. The van der Waals surface area contributed by atoms with Gasteiger partial charge in [-0.2, -0.15) is 4.98 Å². The van der Waals surface area contributed by atoms with E-state index in [1.165, 1.54) is 6.07 Å². The quantitative estimate of drug-likeness (QED) is 0.200. The second-order valence-corrected chi connectivity index (χ2v) is 10.0. The summed E-state index contributed by atoms with van der Waals surface area (Å²) in [6, 6.07) is 37.4. The molecule has 0 atom stereocenters. The molecule has 0 bridgehead atoms. The first-order chi connectivity index (χ1) is 20.4. The molecule has 6 rings (SSSR count). The third-order valence-corrected chi connectivity index (χ3v) is 7.05. The summed E-state index contributed by atoms with van der Waals surface area (Å²) < 4.78 is 5.39. The summed E-state index contributed by atoms with van der Waals surface area (Å²) in [4.78, 5) is 15.2. The minimum absolute atomic E-state index is 0.00400. The lowest BCUT2D eigenvalue weighted by Crippen LogP contribution is -1.95. The molecule has 0 saturated carbocycles. The summed E-state index contributed by atoms with van der Waals surface area (Å²) in [6.07, 6.45) is 0. The van der Waals surface area contributed by atoms with E-state index in [0.717, 1.165) is 38.9 Å². The van der Waals surface area contributed by atoms with Crippen LogP contribution in [0.3, 0.4) is 0 Å². The number of aliphatic hydroxyl groups is 1. The maximum Gasteiger partial charge on any atom is 0.335 e. The van der Waals surface area contributed by atoms with Crippen LogP contribution in [0.15, 0.2) is 126 Å². The average molecular weight is 595 g/mol. The first-order valence-electron chi connectivity index (χ1n) is 12.9. The molecule has 0 amide bonds. The Hall–Kier alpha value is -4.75. The van der Waals surface area contributed by atoms with Crippen molar-refractivity contribution >= 4 is 29.2 Å². The van der Waals surface area contributed by atoms with Gasteiger partial charge in [0.1, 0.15) is 0 Å². The Morgan fingerprint density at radius 2 is 1.21 bits per heavy atom. The third kappa shape index (κ3) is 6.75.